The Morgan fingerprint density at radius 3 is 2.07 bits per heavy atom. The Labute approximate surface area is 163 Å². The van der Waals surface area contributed by atoms with Gasteiger partial charge in [0.2, 0.25) is 5.91 Å². The molecule has 2 amide bonds. The number of benzene rings is 2. The SMILES string of the molecule is CC(=O)Nc1ccc(NC(=O)c2cc(Nc3ccc(C)c(C)c3)ncn2)cc1. The maximum Gasteiger partial charge on any atom is 0.274 e. The molecule has 1 heterocycles. The summed E-state index contributed by atoms with van der Waals surface area (Å²) in [6.07, 6.45) is 1.35. The van der Waals surface area contributed by atoms with Crippen molar-refractivity contribution in [1.29, 1.82) is 0 Å². The molecule has 0 saturated carbocycles. The van der Waals surface area contributed by atoms with E-state index in [1.807, 2.05) is 25.1 Å². The Bertz CT molecular complexity index is 1020. The minimum absolute atomic E-state index is 0.151. The van der Waals surface area contributed by atoms with Crippen LogP contribution in [0.4, 0.5) is 22.9 Å². The molecule has 3 aromatic rings. The van der Waals surface area contributed by atoms with Crippen molar-refractivity contribution in [3.63, 3.8) is 0 Å². The first-order valence-corrected chi connectivity index (χ1v) is 8.76. The summed E-state index contributed by atoms with van der Waals surface area (Å²) >= 11 is 0. The molecule has 0 spiro atoms. The second-order valence-corrected chi connectivity index (χ2v) is 6.43. The van der Waals surface area contributed by atoms with Gasteiger partial charge < -0.3 is 16.0 Å². The molecule has 7 heteroatoms. The van der Waals surface area contributed by atoms with Crippen LogP contribution in [0, 0.1) is 13.8 Å². The molecule has 3 N–H and O–H groups in total. The molecular weight excluding hydrogens is 354 g/mol. The first-order valence-electron chi connectivity index (χ1n) is 8.76. The molecule has 0 saturated heterocycles. The predicted molar refractivity (Wildman–Crippen MR) is 110 cm³/mol. The third-order valence-electron chi connectivity index (χ3n) is 4.14. The molecule has 0 fully saturated rings. The number of anilines is 4. The fraction of sp³-hybridized carbons (Fsp3) is 0.143. The number of hydrogen-bond acceptors (Lipinski definition) is 5. The highest BCUT2D eigenvalue weighted by atomic mass is 16.2. The third-order valence-corrected chi connectivity index (χ3v) is 4.14. The van der Waals surface area contributed by atoms with Crippen LogP contribution in [0.1, 0.15) is 28.5 Å². The third kappa shape index (κ3) is 4.91. The number of rotatable bonds is 5. The number of nitrogens with one attached hydrogen (secondary N) is 3. The number of nitrogens with zero attached hydrogens (tertiary/aromatic N) is 2. The van der Waals surface area contributed by atoms with Crippen LogP contribution in [0.3, 0.4) is 0 Å². The molecular formula is C21H21N5O2. The predicted octanol–water partition coefficient (Wildman–Crippen LogP) is 4.05. The molecule has 0 aliphatic carbocycles. The summed E-state index contributed by atoms with van der Waals surface area (Å²) in [5, 5.41) is 8.64. The van der Waals surface area contributed by atoms with Crippen LogP contribution >= 0.6 is 0 Å². The Kier molecular flexibility index (Phi) is 5.64. The lowest BCUT2D eigenvalue weighted by Crippen LogP contribution is -2.14. The summed E-state index contributed by atoms with van der Waals surface area (Å²) in [7, 11) is 0. The number of carbonyl (C=O) groups is 2. The number of aryl methyl sites for hydroxylation is 2. The van der Waals surface area contributed by atoms with E-state index in [0.29, 0.717) is 17.2 Å². The van der Waals surface area contributed by atoms with Gasteiger partial charge in [-0.1, -0.05) is 6.07 Å². The van der Waals surface area contributed by atoms with Gasteiger partial charge in [0.15, 0.2) is 0 Å². The summed E-state index contributed by atoms with van der Waals surface area (Å²) < 4.78 is 0. The van der Waals surface area contributed by atoms with E-state index in [1.165, 1.54) is 24.4 Å². The van der Waals surface area contributed by atoms with Gasteiger partial charge in [0.1, 0.15) is 17.8 Å². The molecule has 1 aromatic heterocycles. The summed E-state index contributed by atoms with van der Waals surface area (Å²) in [4.78, 5) is 31.8. The maximum atomic E-state index is 12.5. The minimum Gasteiger partial charge on any atom is -0.340 e. The van der Waals surface area contributed by atoms with Crippen molar-refractivity contribution in [2.75, 3.05) is 16.0 Å². The van der Waals surface area contributed by atoms with E-state index in [2.05, 4.69) is 32.8 Å². The summed E-state index contributed by atoms with van der Waals surface area (Å²) in [5.41, 5.74) is 4.76. The normalized spacial score (nSPS) is 10.2. The minimum atomic E-state index is -0.349. The fourth-order valence-corrected chi connectivity index (χ4v) is 2.55. The number of aromatic nitrogens is 2. The van der Waals surface area contributed by atoms with Gasteiger partial charge in [-0.15, -0.1) is 0 Å². The molecule has 142 valence electrons. The quantitative estimate of drug-likeness (QED) is 0.625. The highest BCUT2D eigenvalue weighted by Gasteiger charge is 2.10. The van der Waals surface area contributed by atoms with Crippen LogP contribution in [0.5, 0.6) is 0 Å². The first-order chi connectivity index (χ1) is 13.4. The van der Waals surface area contributed by atoms with Gasteiger partial charge >= 0.3 is 0 Å². The van der Waals surface area contributed by atoms with Crippen molar-refractivity contribution >= 4 is 34.7 Å². The molecule has 3 rings (SSSR count). The van der Waals surface area contributed by atoms with Crippen molar-refractivity contribution in [3.05, 3.63) is 71.7 Å². The lowest BCUT2D eigenvalue weighted by molar-refractivity contribution is -0.114. The van der Waals surface area contributed by atoms with Crippen LogP contribution in [0.25, 0.3) is 0 Å². The van der Waals surface area contributed by atoms with E-state index in [9.17, 15) is 9.59 Å². The summed E-state index contributed by atoms with van der Waals surface area (Å²) in [5.74, 6) is 0.0313. The molecule has 0 radical (unpaired) electrons. The average Bonchev–Trinajstić information content (AvgIpc) is 2.66. The van der Waals surface area contributed by atoms with E-state index in [-0.39, 0.29) is 17.5 Å². The van der Waals surface area contributed by atoms with Crippen LogP contribution < -0.4 is 16.0 Å². The monoisotopic (exact) mass is 375 g/mol. The van der Waals surface area contributed by atoms with Gasteiger partial charge in [0, 0.05) is 30.1 Å². The van der Waals surface area contributed by atoms with Crippen molar-refractivity contribution in [2.45, 2.75) is 20.8 Å². The van der Waals surface area contributed by atoms with Gasteiger partial charge in [-0.3, -0.25) is 9.59 Å². The zero-order chi connectivity index (χ0) is 20.1. The van der Waals surface area contributed by atoms with Crippen molar-refractivity contribution in [1.82, 2.24) is 9.97 Å². The van der Waals surface area contributed by atoms with Crippen LogP contribution in [-0.2, 0) is 4.79 Å². The van der Waals surface area contributed by atoms with E-state index < -0.39 is 0 Å². The summed E-state index contributed by atoms with van der Waals surface area (Å²) in [6, 6.07) is 14.4. The average molecular weight is 375 g/mol. The van der Waals surface area contributed by atoms with Crippen molar-refractivity contribution in [2.24, 2.45) is 0 Å². The topological polar surface area (TPSA) is 96.0 Å². The molecule has 28 heavy (non-hydrogen) atoms. The number of amides is 2. The van der Waals surface area contributed by atoms with Gasteiger partial charge in [-0.05, 0) is 61.4 Å². The molecule has 7 nitrogen and oxygen atoms in total. The number of hydrogen-bond donors (Lipinski definition) is 3. The molecule has 2 aromatic carbocycles. The van der Waals surface area contributed by atoms with E-state index in [4.69, 9.17) is 0 Å². The van der Waals surface area contributed by atoms with Gasteiger partial charge in [-0.25, -0.2) is 9.97 Å². The smallest absolute Gasteiger partial charge is 0.274 e. The second kappa shape index (κ2) is 8.30. The highest BCUT2D eigenvalue weighted by Crippen LogP contribution is 2.19. The van der Waals surface area contributed by atoms with Crippen LogP contribution in [0.2, 0.25) is 0 Å². The molecule has 0 aliphatic rings. The Balaban J connectivity index is 1.69. The first kappa shape index (κ1) is 19.0. The Morgan fingerprint density at radius 2 is 1.43 bits per heavy atom. The van der Waals surface area contributed by atoms with Crippen molar-refractivity contribution in [3.8, 4) is 0 Å². The fourth-order valence-electron chi connectivity index (χ4n) is 2.55. The molecule has 0 unspecified atom stereocenters. The zero-order valence-electron chi connectivity index (χ0n) is 15.9. The van der Waals surface area contributed by atoms with Gasteiger partial charge in [0.05, 0.1) is 0 Å². The van der Waals surface area contributed by atoms with Gasteiger partial charge in [-0.2, -0.15) is 0 Å². The number of carbonyl (C=O) groups excluding carboxylic acids is 2. The summed E-state index contributed by atoms with van der Waals surface area (Å²) in [6.45, 7) is 5.53. The molecule has 0 aliphatic heterocycles. The molecule has 0 atom stereocenters. The standard InChI is InChI=1S/C21H21N5O2/c1-13-4-5-18(10-14(13)2)25-20-11-19(22-12-23-20)21(28)26-17-8-6-16(7-9-17)24-15(3)27/h4-12H,1-3H3,(H,24,27)(H,26,28)(H,22,23,25). The Hall–Kier alpha value is -3.74. The maximum absolute atomic E-state index is 12.5. The lowest BCUT2D eigenvalue weighted by atomic mass is 10.1. The molecule has 0 bridgehead atoms. The second-order valence-electron chi connectivity index (χ2n) is 6.43. The van der Waals surface area contributed by atoms with Crippen LogP contribution in [0.15, 0.2) is 54.9 Å². The largest absolute Gasteiger partial charge is 0.340 e. The van der Waals surface area contributed by atoms with E-state index >= 15 is 0 Å². The lowest BCUT2D eigenvalue weighted by Gasteiger charge is -2.09. The van der Waals surface area contributed by atoms with Gasteiger partial charge in [0.25, 0.3) is 5.91 Å². The van der Waals surface area contributed by atoms with E-state index in [0.717, 1.165) is 5.69 Å². The Morgan fingerprint density at radius 1 is 0.786 bits per heavy atom. The zero-order valence-corrected chi connectivity index (χ0v) is 15.9. The van der Waals surface area contributed by atoms with Crippen molar-refractivity contribution < 1.29 is 9.59 Å². The van der Waals surface area contributed by atoms with E-state index in [1.54, 1.807) is 30.3 Å². The van der Waals surface area contributed by atoms with Crippen LogP contribution in [-0.4, -0.2) is 21.8 Å². The highest BCUT2D eigenvalue weighted by molar-refractivity contribution is 6.03.